The van der Waals surface area contributed by atoms with Crippen molar-refractivity contribution in [3.8, 4) is 0 Å². The minimum absolute atomic E-state index is 0.471. The van der Waals surface area contributed by atoms with Gasteiger partial charge in [0.2, 0.25) is 5.95 Å². The number of hydrogen-bond acceptors (Lipinski definition) is 7. The van der Waals surface area contributed by atoms with Crippen LogP contribution in [0.25, 0.3) is 11.0 Å². The normalized spacial score (nSPS) is 14.9. The molecule has 0 amide bonds. The maximum Gasteiger partial charge on any atom is 0.228 e. The fourth-order valence-electron chi connectivity index (χ4n) is 3.16. The lowest BCUT2D eigenvalue weighted by molar-refractivity contribution is 0.667. The number of H-pyrrole nitrogens is 2. The minimum atomic E-state index is -0.471. The Morgan fingerprint density at radius 1 is 1.18 bits per heavy atom. The van der Waals surface area contributed by atoms with Crippen molar-refractivity contribution in [3.05, 3.63) is 54.1 Å². The van der Waals surface area contributed by atoms with Crippen molar-refractivity contribution in [3.63, 3.8) is 0 Å². The SMILES string of the molecule is CN(c1nccc(Nc2cc(C3CC3)[nH]n2)n1)[C@H](N)c1ccc2[nH]ccc2n1. The number of pyridine rings is 1. The van der Waals surface area contributed by atoms with Crippen molar-refractivity contribution < 1.29 is 0 Å². The van der Waals surface area contributed by atoms with Crippen molar-refractivity contribution in [1.82, 2.24) is 30.1 Å². The lowest BCUT2D eigenvalue weighted by Gasteiger charge is -2.24. The number of nitrogens with one attached hydrogen (secondary N) is 3. The summed E-state index contributed by atoms with van der Waals surface area (Å²) in [5.74, 6) is 2.54. The van der Waals surface area contributed by atoms with Crippen molar-refractivity contribution in [2.75, 3.05) is 17.3 Å². The van der Waals surface area contributed by atoms with E-state index in [1.54, 1.807) is 17.2 Å². The van der Waals surface area contributed by atoms with Gasteiger partial charge in [0, 0.05) is 37.1 Å². The lowest BCUT2D eigenvalue weighted by Crippen LogP contribution is -2.33. The van der Waals surface area contributed by atoms with E-state index in [1.807, 2.05) is 37.5 Å². The van der Waals surface area contributed by atoms with E-state index in [-0.39, 0.29) is 0 Å². The van der Waals surface area contributed by atoms with Gasteiger partial charge in [0.05, 0.1) is 16.7 Å². The molecule has 4 heterocycles. The predicted molar refractivity (Wildman–Crippen MR) is 107 cm³/mol. The maximum atomic E-state index is 6.41. The van der Waals surface area contributed by atoms with Crippen molar-refractivity contribution in [1.29, 1.82) is 0 Å². The standard InChI is InChI=1S/C19H21N9/c1-28(18(20)14-5-4-12-13(23-14)6-8-21-12)19-22-9-7-16(25-19)24-17-10-15(26-27-17)11-2-3-11/h4-11,18,21H,2-3,20H2,1H3,(H2,22,24,25,26,27)/t18-/m0/s1. The van der Waals surface area contributed by atoms with Crippen LogP contribution in [0, 0.1) is 0 Å². The highest BCUT2D eigenvalue weighted by atomic mass is 15.3. The summed E-state index contributed by atoms with van der Waals surface area (Å²) in [5.41, 5.74) is 10.2. The third-order valence-corrected chi connectivity index (χ3v) is 4.98. The average Bonchev–Trinajstić information content (AvgIpc) is 3.28. The summed E-state index contributed by atoms with van der Waals surface area (Å²) in [6, 6.07) is 9.64. The van der Waals surface area contributed by atoms with Crippen molar-refractivity contribution in [2.24, 2.45) is 5.73 Å². The minimum Gasteiger partial charge on any atom is -0.360 e. The first-order valence-corrected chi connectivity index (χ1v) is 9.25. The molecule has 1 atom stereocenters. The van der Waals surface area contributed by atoms with E-state index >= 15 is 0 Å². The largest absolute Gasteiger partial charge is 0.360 e. The summed E-state index contributed by atoms with van der Waals surface area (Å²) >= 11 is 0. The number of nitrogens with two attached hydrogens (primary N) is 1. The first kappa shape index (κ1) is 16.7. The van der Waals surface area contributed by atoms with Crippen LogP contribution in [-0.2, 0) is 0 Å². The third kappa shape index (κ3) is 3.16. The Kier molecular flexibility index (Phi) is 3.94. The molecule has 142 valence electrons. The Morgan fingerprint density at radius 3 is 2.93 bits per heavy atom. The van der Waals surface area contributed by atoms with Gasteiger partial charge in [0.15, 0.2) is 5.82 Å². The molecule has 0 aliphatic heterocycles. The second-order valence-corrected chi connectivity index (χ2v) is 7.05. The molecule has 5 N–H and O–H groups in total. The molecule has 0 spiro atoms. The zero-order chi connectivity index (χ0) is 19.1. The predicted octanol–water partition coefficient (Wildman–Crippen LogP) is 2.79. The monoisotopic (exact) mass is 375 g/mol. The summed E-state index contributed by atoms with van der Waals surface area (Å²) in [6.07, 6.45) is 5.54. The third-order valence-electron chi connectivity index (χ3n) is 4.98. The second kappa shape index (κ2) is 6.61. The summed E-state index contributed by atoms with van der Waals surface area (Å²) in [7, 11) is 1.85. The fourth-order valence-corrected chi connectivity index (χ4v) is 3.16. The van der Waals surface area contributed by atoms with Gasteiger partial charge in [0.1, 0.15) is 12.0 Å². The lowest BCUT2D eigenvalue weighted by atomic mass is 10.2. The second-order valence-electron chi connectivity index (χ2n) is 7.05. The van der Waals surface area contributed by atoms with E-state index in [0.29, 0.717) is 17.7 Å². The molecule has 0 radical (unpaired) electrons. The zero-order valence-corrected chi connectivity index (χ0v) is 15.4. The Balaban J connectivity index is 1.35. The molecule has 4 aromatic heterocycles. The number of aromatic nitrogens is 6. The van der Waals surface area contributed by atoms with Crippen LogP contribution in [0.2, 0.25) is 0 Å². The van der Waals surface area contributed by atoms with Gasteiger partial charge in [-0.2, -0.15) is 10.1 Å². The van der Waals surface area contributed by atoms with Gasteiger partial charge < -0.3 is 20.9 Å². The van der Waals surface area contributed by atoms with Crippen molar-refractivity contribution >= 4 is 28.6 Å². The first-order valence-electron chi connectivity index (χ1n) is 9.25. The van der Waals surface area contributed by atoms with Gasteiger partial charge in [0.25, 0.3) is 0 Å². The van der Waals surface area contributed by atoms with Crippen LogP contribution < -0.4 is 16.0 Å². The average molecular weight is 375 g/mol. The van der Waals surface area contributed by atoms with Crippen LogP contribution in [0.15, 0.2) is 42.7 Å². The van der Waals surface area contributed by atoms with E-state index in [4.69, 9.17) is 5.73 Å². The molecule has 9 heteroatoms. The molecule has 9 nitrogen and oxygen atoms in total. The molecule has 1 fully saturated rings. The molecule has 0 bridgehead atoms. The number of nitrogens with zero attached hydrogens (tertiary/aromatic N) is 5. The molecule has 0 saturated heterocycles. The quantitative estimate of drug-likeness (QED) is 0.382. The van der Waals surface area contributed by atoms with Gasteiger partial charge >= 0.3 is 0 Å². The Morgan fingerprint density at radius 2 is 2.07 bits per heavy atom. The zero-order valence-electron chi connectivity index (χ0n) is 15.4. The molecule has 1 saturated carbocycles. The van der Waals surface area contributed by atoms with Crippen LogP contribution in [0.4, 0.5) is 17.6 Å². The van der Waals surface area contributed by atoms with Crippen LogP contribution in [0.3, 0.4) is 0 Å². The highest BCUT2D eigenvalue weighted by Crippen LogP contribution is 2.39. The van der Waals surface area contributed by atoms with E-state index in [2.05, 4.69) is 35.5 Å². The van der Waals surface area contributed by atoms with E-state index in [9.17, 15) is 0 Å². The molecule has 4 aromatic rings. The van der Waals surface area contributed by atoms with Gasteiger partial charge in [-0.1, -0.05) is 0 Å². The highest BCUT2D eigenvalue weighted by Gasteiger charge is 2.25. The molecular weight excluding hydrogens is 354 g/mol. The first-order chi connectivity index (χ1) is 13.7. The van der Waals surface area contributed by atoms with Crippen LogP contribution in [0.5, 0.6) is 0 Å². The smallest absolute Gasteiger partial charge is 0.228 e. The number of anilines is 3. The summed E-state index contributed by atoms with van der Waals surface area (Å²) < 4.78 is 0. The van der Waals surface area contributed by atoms with Crippen molar-refractivity contribution in [2.45, 2.75) is 24.9 Å². The molecule has 5 rings (SSSR count). The van der Waals surface area contributed by atoms with Crippen LogP contribution in [-0.4, -0.2) is 37.2 Å². The van der Waals surface area contributed by atoms with Gasteiger partial charge in [-0.05, 0) is 37.1 Å². The molecule has 0 aromatic carbocycles. The Hall–Kier alpha value is -3.46. The Labute approximate surface area is 161 Å². The fraction of sp³-hybridized carbons (Fsp3) is 0.263. The summed E-state index contributed by atoms with van der Waals surface area (Å²) in [6.45, 7) is 0. The van der Waals surface area contributed by atoms with E-state index < -0.39 is 6.17 Å². The van der Waals surface area contributed by atoms with E-state index in [0.717, 1.165) is 22.5 Å². The summed E-state index contributed by atoms with van der Waals surface area (Å²) in [4.78, 5) is 18.5. The number of fused-ring (bicyclic) bond motifs is 1. The van der Waals surface area contributed by atoms with Gasteiger partial charge in [-0.15, -0.1) is 0 Å². The summed E-state index contributed by atoms with van der Waals surface area (Å²) in [5, 5.41) is 10.6. The van der Waals surface area contributed by atoms with Crippen LogP contribution in [0.1, 0.15) is 36.3 Å². The Bertz CT molecular complexity index is 1110. The highest BCUT2D eigenvalue weighted by molar-refractivity contribution is 5.74. The topological polar surface area (TPSA) is 124 Å². The van der Waals surface area contributed by atoms with Gasteiger partial charge in [-0.25, -0.2) is 9.97 Å². The molecular formula is C19H21N9. The maximum absolute atomic E-state index is 6.41. The van der Waals surface area contributed by atoms with Gasteiger partial charge in [-0.3, -0.25) is 5.10 Å². The number of rotatable bonds is 6. The molecule has 0 unspecified atom stereocenters. The van der Waals surface area contributed by atoms with Crippen LogP contribution >= 0.6 is 0 Å². The molecule has 1 aliphatic carbocycles. The number of aromatic amines is 2. The number of hydrogen-bond donors (Lipinski definition) is 4. The van der Waals surface area contributed by atoms with E-state index in [1.165, 1.54) is 18.5 Å². The molecule has 28 heavy (non-hydrogen) atoms. The molecule has 1 aliphatic rings.